The zero-order valence-corrected chi connectivity index (χ0v) is 19.2. The molecule has 1 unspecified atom stereocenters. The molecule has 172 valence electrons. The van der Waals surface area contributed by atoms with Crippen molar-refractivity contribution in [2.24, 2.45) is 22.6 Å². The number of hydrogen-bond acceptors (Lipinski definition) is 4. The maximum atomic E-state index is 11.5. The van der Waals surface area contributed by atoms with E-state index in [2.05, 4.69) is 47.6 Å². The van der Waals surface area contributed by atoms with Crippen LogP contribution >= 0.6 is 0 Å². The van der Waals surface area contributed by atoms with Crippen molar-refractivity contribution in [2.45, 2.75) is 52.5 Å². The van der Waals surface area contributed by atoms with Gasteiger partial charge in [0, 0.05) is 25.2 Å². The number of nitrogens with one attached hydrogen (secondary N) is 2. The van der Waals surface area contributed by atoms with E-state index in [1.165, 1.54) is 18.4 Å². The van der Waals surface area contributed by atoms with Gasteiger partial charge >= 0.3 is 0 Å². The van der Waals surface area contributed by atoms with Gasteiger partial charge in [0.25, 0.3) is 0 Å². The van der Waals surface area contributed by atoms with E-state index in [0.29, 0.717) is 6.54 Å². The van der Waals surface area contributed by atoms with E-state index in [1.54, 1.807) is 0 Å². The number of carbonyl (C=O) groups excluding carboxylic acids is 1. The second kappa shape index (κ2) is 11.9. The molecule has 1 aliphatic carbocycles. The largest absolute Gasteiger partial charge is 0.493 e. The van der Waals surface area contributed by atoms with Crippen molar-refractivity contribution >= 4 is 11.9 Å². The molecular formula is C24H39N5O2. The highest BCUT2D eigenvalue weighted by Gasteiger charge is 2.23. The normalized spacial score (nSPS) is 19.8. The van der Waals surface area contributed by atoms with Gasteiger partial charge in [-0.2, -0.15) is 0 Å². The smallest absolute Gasteiger partial charge is 0.221 e. The Bertz CT molecular complexity index is 747. The SMILES string of the molecule is CCNC(=NCc1ccc(C)cc1OCC1CC1)NCCCN1CCCC(C(N)=O)C1. The minimum Gasteiger partial charge on any atom is -0.493 e. The Morgan fingerprint density at radius 3 is 2.87 bits per heavy atom. The van der Waals surface area contributed by atoms with Crippen LogP contribution in [0.5, 0.6) is 5.75 Å². The number of nitrogens with zero attached hydrogens (tertiary/aromatic N) is 2. The maximum absolute atomic E-state index is 11.5. The van der Waals surface area contributed by atoms with Crippen molar-refractivity contribution in [1.29, 1.82) is 0 Å². The van der Waals surface area contributed by atoms with Gasteiger partial charge < -0.3 is 26.0 Å². The minimum atomic E-state index is -0.166. The molecule has 1 saturated heterocycles. The van der Waals surface area contributed by atoms with Crippen LogP contribution in [0, 0.1) is 18.8 Å². The van der Waals surface area contributed by atoms with E-state index in [4.69, 9.17) is 15.5 Å². The summed E-state index contributed by atoms with van der Waals surface area (Å²) in [7, 11) is 0. The van der Waals surface area contributed by atoms with Crippen molar-refractivity contribution in [3.05, 3.63) is 29.3 Å². The van der Waals surface area contributed by atoms with Gasteiger partial charge in [0.1, 0.15) is 5.75 Å². The van der Waals surface area contributed by atoms with Gasteiger partial charge in [0.05, 0.1) is 19.1 Å². The Balaban J connectivity index is 1.47. The second-order valence-corrected chi connectivity index (χ2v) is 8.88. The molecule has 1 aliphatic heterocycles. The first-order chi connectivity index (χ1) is 15.0. The van der Waals surface area contributed by atoms with Crippen molar-refractivity contribution in [3.63, 3.8) is 0 Å². The summed E-state index contributed by atoms with van der Waals surface area (Å²) in [6, 6.07) is 6.36. The van der Waals surface area contributed by atoms with Gasteiger partial charge in [0.2, 0.25) is 5.91 Å². The Kier molecular flexibility index (Phi) is 9.00. The number of benzene rings is 1. The molecule has 1 saturated carbocycles. The Morgan fingerprint density at radius 2 is 2.13 bits per heavy atom. The van der Waals surface area contributed by atoms with Crippen molar-refractivity contribution < 1.29 is 9.53 Å². The fourth-order valence-electron chi connectivity index (χ4n) is 3.93. The number of amides is 1. The van der Waals surface area contributed by atoms with E-state index in [-0.39, 0.29) is 11.8 Å². The quantitative estimate of drug-likeness (QED) is 0.285. The number of likely N-dealkylation sites (tertiary alicyclic amines) is 1. The highest BCUT2D eigenvalue weighted by molar-refractivity contribution is 5.79. The van der Waals surface area contributed by atoms with Crippen molar-refractivity contribution in [2.75, 3.05) is 39.3 Å². The number of ether oxygens (including phenoxy) is 1. The van der Waals surface area contributed by atoms with Crippen LogP contribution in [-0.2, 0) is 11.3 Å². The number of hydrogen-bond donors (Lipinski definition) is 3. The molecule has 3 rings (SSSR count). The van der Waals surface area contributed by atoms with Gasteiger partial charge in [-0.3, -0.25) is 4.79 Å². The standard InChI is InChI=1S/C24H39N5O2/c1-3-26-24(27-11-5-13-29-12-4-6-21(16-29)23(25)30)28-15-20-10-7-18(2)14-22(20)31-17-19-8-9-19/h7,10,14,19,21H,3-6,8-9,11-13,15-17H2,1-2H3,(H2,25,30)(H2,26,27,28). The summed E-state index contributed by atoms with van der Waals surface area (Å²) in [6.45, 7) is 10.0. The summed E-state index contributed by atoms with van der Waals surface area (Å²) in [6.07, 6.45) is 5.54. The topological polar surface area (TPSA) is 92.0 Å². The third-order valence-electron chi connectivity index (χ3n) is 6.00. The molecule has 4 N–H and O–H groups in total. The van der Waals surface area contributed by atoms with Gasteiger partial charge in [0.15, 0.2) is 5.96 Å². The minimum absolute atomic E-state index is 0.00595. The number of aliphatic imine (C=N–C) groups is 1. The maximum Gasteiger partial charge on any atom is 0.221 e. The first kappa shape index (κ1) is 23.4. The zero-order valence-electron chi connectivity index (χ0n) is 19.2. The van der Waals surface area contributed by atoms with E-state index in [1.807, 2.05) is 0 Å². The molecule has 0 spiro atoms. The number of guanidine groups is 1. The molecule has 1 amide bonds. The summed E-state index contributed by atoms with van der Waals surface area (Å²) < 4.78 is 6.08. The third kappa shape index (κ3) is 8.05. The number of carbonyl (C=O) groups is 1. The lowest BCUT2D eigenvalue weighted by molar-refractivity contribution is -0.123. The molecule has 2 aliphatic rings. The second-order valence-electron chi connectivity index (χ2n) is 8.88. The van der Waals surface area contributed by atoms with E-state index >= 15 is 0 Å². The summed E-state index contributed by atoms with van der Waals surface area (Å²) in [5.41, 5.74) is 7.81. The van der Waals surface area contributed by atoms with Crippen LogP contribution in [0.25, 0.3) is 0 Å². The number of aryl methyl sites for hydroxylation is 1. The van der Waals surface area contributed by atoms with Crippen LogP contribution in [0.2, 0.25) is 0 Å². The van der Waals surface area contributed by atoms with Crippen LogP contribution in [0.4, 0.5) is 0 Å². The van der Waals surface area contributed by atoms with Crippen LogP contribution < -0.4 is 21.1 Å². The Labute approximate surface area is 186 Å². The van der Waals surface area contributed by atoms with Crippen LogP contribution in [0.1, 0.15) is 50.2 Å². The monoisotopic (exact) mass is 429 g/mol. The molecule has 0 aromatic heterocycles. The molecule has 2 fully saturated rings. The predicted octanol–water partition coefficient (Wildman–Crippen LogP) is 2.43. The highest BCUT2D eigenvalue weighted by atomic mass is 16.5. The van der Waals surface area contributed by atoms with E-state index < -0.39 is 0 Å². The first-order valence-corrected chi connectivity index (χ1v) is 11.8. The molecule has 0 bridgehead atoms. The van der Waals surface area contributed by atoms with Crippen LogP contribution in [0.3, 0.4) is 0 Å². The molecule has 1 heterocycles. The lowest BCUT2D eigenvalue weighted by Gasteiger charge is -2.31. The lowest BCUT2D eigenvalue weighted by atomic mass is 9.97. The molecule has 7 nitrogen and oxygen atoms in total. The number of primary amides is 1. The average molecular weight is 430 g/mol. The van der Waals surface area contributed by atoms with Gasteiger partial charge in [-0.1, -0.05) is 12.1 Å². The molecular weight excluding hydrogens is 390 g/mol. The number of rotatable bonds is 11. The van der Waals surface area contributed by atoms with Crippen molar-refractivity contribution in [3.8, 4) is 5.75 Å². The van der Waals surface area contributed by atoms with Gasteiger partial charge in [-0.05, 0) is 76.6 Å². The summed E-state index contributed by atoms with van der Waals surface area (Å²) in [5, 5.41) is 6.76. The molecule has 1 aromatic rings. The summed E-state index contributed by atoms with van der Waals surface area (Å²) >= 11 is 0. The first-order valence-electron chi connectivity index (χ1n) is 11.8. The molecule has 7 heteroatoms. The highest BCUT2D eigenvalue weighted by Crippen LogP contribution is 2.31. The van der Waals surface area contributed by atoms with Gasteiger partial charge in [-0.15, -0.1) is 0 Å². The fraction of sp³-hybridized carbons (Fsp3) is 0.667. The van der Waals surface area contributed by atoms with E-state index in [0.717, 1.165) is 81.8 Å². The molecule has 31 heavy (non-hydrogen) atoms. The Hall–Kier alpha value is -2.28. The predicted molar refractivity (Wildman–Crippen MR) is 125 cm³/mol. The van der Waals surface area contributed by atoms with Crippen molar-refractivity contribution in [1.82, 2.24) is 15.5 Å². The Morgan fingerprint density at radius 1 is 1.29 bits per heavy atom. The number of nitrogens with two attached hydrogens (primary N) is 1. The van der Waals surface area contributed by atoms with Gasteiger partial charge in [-0.25, -0.2) is 4.99 Å². The number of piperidine rings is 1. The summed E-state index contributed by atoms with van der Waals surface area (Å²) in [4.78, 5) is 18.6. The van der Waals surface area contributed by atoms with Crippen LogP contribution in [-0.4, -0.2) is 56.1 Å². The molecule has 1 atom stereocenters. The average Bonchev–Trinajstić information content (AvgIpc) is 3.59. The third-order valence-corrected chi connectivity index (χ3v) is 6.00. The fourth-order valence-corrected chi connectivity index (χ4v) is 3.93. The zero-order chi connectivity index (χ0) is 22.1. The lowest BCUT2D eigenvalue weighted by Crippen LogP contribution is -2.43. The molecule has 0 radical (unpaired) electrons. The van der Waals surface area contributed by atoms with Crippen LogP contribution in [0.15, 0.2) is 23.2 Å². The summed E-state index contributed by atoms with van der Waals surface area (Å²) in [5.74, 6) is 2.35. The van der Waals surface area contributed by atoms with E-state index in [9.17, 15) is 4.79 Å². The molecule has 1 aromatic carbocycles.